The monoisotopic (exact) mass is 406 g/mol. The first-order valence-electron chi connectivity index (χ1n) is 11.4. The molecule has 0 aliphatic heterocycles. The molecule has 0 spiro atoms. The molecule has 1 aliphatic carbocycles. The van der Waals surface area contributed by atoms with Crippen molar-refractivity contribution in [3.8, 4) is 5.75 Å². The van der Waals surface area contributed by atoms with Crippen molar-refractivity contribution in [3.63, 3.8) is 0 Å². The van der Waals surface area contributed by atoms with Gasteiger partial charge in [-0.2, -0.15) is 0 Å². The van der Waals surface area contributed by atoms with Crippen LogP contribution in [-0.4, -0.2) is 17.5 Å². The molecule has 1 aromatic heterocycles. The molecule has 1 fully saturated rings. The van der Waals surface area contributed by atoms with Crippen LogP contribution in [0.15, 0.2) is 54.9 Å². The van der Waals surface area contributed by atoms with Crippen LogP contribution in [0.4, 0.5) is 5.69 Å². The van der Waals surface area contributed by atoms with Crippen LogP contribution in [0.5, 0.6) is 5.75 Å². The highest BCUT2D eigenvalue weighted by molar-refractivity contribution is 5.88. The predicted molar refractivity (Wildman–Crippen MR) is 123 cm³/mol. The topological polar surface area (TPSA) is 51.2 Å². The van der Waals surface area contributed by atoms with E-state index in [1.54, 1.807) is 24.4 Å². The quantitative estimate of drug-likeness (QED) is 0.244. The third kappa shape index (κ3) is 8.40. The van der Waals surface area contributed by atoms with E-state index in [1.807, 2.05) is 24.3 Å². The van der Waals surface area contributed by atoms with Gasteiger partial charge in [0.05, 0.1) is 6.20 Å². The molecular weight excluding hydrogens is 372 g/mol. The Morgan fingerprint density at radius 1 is 1.03 bits per heavy atom. The maximum Gasteiger partial charge on any atom is 0.336 e. The number of carbonyl (C=O) groups is 1. The number of hydrogen-bond donors (Lipinski definition) is 1. The van der Waals surface area contributed by atoms with Crippen LogP contribution >= 0.6 is 0 Å². The summed E-state index contributed by atoms with van der Waals surface area (Å²) < 4.78 is 5.19. The largest absolute Gasteiger partial charge is 0.422 e. The average Bonchev–Trinajstić information content (AvgIpc) is 3.29. The standard InChI is InChI=1S/C26H34N2O2/c29-26(30-25-12-8-19-27-21-25)18-15-23-13-16-24(17-14-23)28-20-7-3-1-2-4-9-22-10-5-6-11-22/h8,12-19,21-22,28H,1-7,9-11,20H2/b18-15+. The summed E-state index contributed by atoms with van der Waals surface area (Å²) in [5, 5.41) is 3.48. The van der Waals surface area contributed by atoms with Gasteiger partial charge >= 0.3 is 5.97 Å². The summed E-state index contributed by atoms with van der Waals surface area (Å²) in [6.07, 6.45) is 20.4. The number of rotatable bonds is 12. The number of nitrogens with zero attached hydrogens (tertiary/aromatic N) is 1. The lowest BCUT2D eigenvalue weighted by Gasteiger charge is -2.09. The molecule has 30 heavy (non-hydrogen) atoms. The van der Waals surface area contributed by atoms with Crippen LogP contribution in [0.3, 0.4) is 0 Å². The van der Waals surface area contributed by atoms with Crippen molar-refractivity contribution in [2.75, 3.05) is 11.9 Å². The summed E-state index contributed by atoms with van der Waals surface area (Å²) in [6.45, 7) is 1.01. The molecule has 0 bridgehead atoms. The van der Waals surface area contributed by atoms with Crippen molar-refractivity contribution >= 4 is 17.7 Å². The normalized spacial score (nSPS) is 14.3. The third-order valence-corrected chi connectivity index (χ3v) is 5.77. The van der Waals surface area contributed by atoms with E-state index in [0.717, 1.165) is 23.7 Å². The van der Waals surface area contributed by atoms with Gasteiger partial charge in [-0.3, -0.25) is 4.98 Å². The number of anilines is 1. The highest BCUT2D eigenvalue weighted by Gasteiger charge is 2.13. The highest BCUT2D eigenvalue weighted by Crippen LogP contribution is 2.29. The first-order chi connectivity index (χ1) is 14.8. The Morgan fingerprint density at radius 2 is 1.80 bits per heavy atom. The van der Waals surface area contributed by atoms with E-state index in [2.05, 4.69) is 10.3 Å². The Morgan fingerprint density at radius 3 is 2.57 bits per heavy atom. The molecule has 0 unspecified atom stereocenters. The number of ether oxygens (including phenoxy) is 1. The van der Waals surface area contributed by atoms with Crippen molar-refractivity contribution in [3.05, 3.63) is 60.4 Å². The molecule has 1 saturated carbocycles. The van der Waals surface area contributed by atoms with Crippen LogP contribution in [0.25, 0.3) is 6.08 Å². The zero-order valence-electron chi connectivity index (χ0n) is 17.9. The molecule has 3 rings (SSSR count). The van der Waals surface area contributed by atoms with Gasteiger partial charge in [0.15, 0.2) is 0 Å². The van der Waals surface area contributed by atoms with Gasteiger partial charge in [-0.1, -0.05) is 69.9 Å². The van der Waals surface area contributed by atoms with E-state index in [4.69, 9.17) is 4.74 Å². The Hall–Kier alpha value is -2.62. The summed E-state index contributed by atoms with van der Waals surface area (Å²) in [4.78, 5) is 15.8. The Kier molecular flexibility index (Phi) is 9.45. The summed E-state index contributed by atoms with van der Waals surface area (Å²) in [5.74, 6) is 1.07. The van der Waals surface area contributed by atoms with Gasteiger partial charge in [-0.15, -0.1) is 0 Å². The molecule has 2 aromatic rings. The van der Waals surface area contributed by atoms with E-state index < -0.39 is 5.97 Å². The van der Waals surface area contributed by atoms with Crippen molar-refractivity contribution < 1.29 is 9.53 Å². The van der Waals surface area contributed by atoms with Crippen molar-refractivity contribution in [1.82, 2.24) is 4.98 Å². The number of carbonyl (C=O) groups excluding carboxylic acids is 1. The fraction of sp³-hybridized carbons (Fsp3) is 0.462. The second-order valence-corrected chi connectivity index (χ2v) is 8.20. The van der Waals surface area contributed by atoms with Crippen LogP contribution in [0, 0.1) is 5.92 Å². The maximum absolute atomic E-state index is 11.8. The minimum absolute atomic E-state index is 0.409. The Bertz CT molecular complexity index is 765. The maximum atomic E-state index is 11.8. The lowest BCUT2D eigenvalue weighted by molar-refractivity contribution is -0.128. The molecule has 0 atom stereocenters. The third-order valence-electron chi connectivity index (χ3n) is 5.77. The van der Waals surface area contributed by atoms with E-state index in [0.29, 0.717) is 5.75 Å². The predicted octanol–water partition coefficient (Wildman–Crippen LogP) is 6.64. The Balaban J connectivity index is 1.25. The summed E-state index contributed by atoms with van der Waals surface area (Å²) >= 11 is 0. The van der Waals surface area contributed by atoms with Crippen molar-refractivity contribution in [2.24, 2.45) is 5.92 Å². The first-order valence-corrected chi connectivity index (χ1v) is 11.4. The van der Waals surface area contributed by atoms with Crippen LogP contribution in [0.2, 0.25) is 0 Å². The summed E-state index contributed by atoms with van der Waals surface area (Å²) in [6, 6.07) is 11.5. The molecule has 1 aliphatic rings. The molecule has 1 heterocycles. The van der Waals surface area contributed by atoms with Gasteiger partial charge < -0.3 is 10.1 Å². The molecule has 4 nitrogen and oxygen atoms in total. The van der Waals surface area contributed by atoms with E-state index in [9.17, 15) is 4.79 Å². The van der Waals surface area contributed by atoms with E-state index in [-0.39, 0.29) is 0 Å². The van der Waals surface area contributed by atoms with Crippen LogP contribution in [0.1, 0.15) is 69.8 Å². The number of pyridine rings is 1. The van der Waals surface area contributed by atoms with Gasteiger partial charge in [-0.05, 0) is 48.2 Å². The van der Waals surface area contributed by atoms with Gasteiger partial charge in [0, 0.05) is 24.5 Å². The molecule has 1 aromatic carbocycles. The average molecular weight is 407 g/mol. The van der Waals surface area contributed by atoms with Crippen LogP contribution < -0.4 is 10.1 Å². The second-order valence-electron chi connectivity index (χ2n) is 8.20. The summed E-state index contributed by atoms with van der Waals surface area (Å²) in [5.41, 5.74) is 2.08. The number of esters is 1. The van der Waals surface area contributed by atoms with Gasteiger partial charge in [0.1, 0.15) is 5.75 Å². The molecular formula is C26H34N2O2. The summed E-state index contributed by atoms with van der Waals surface area (Å²) in [7, 11) is 0. The smallest absolute Gasteiger partial charge is 0.336 e. The lowest BCUT2D eigenvalue weighted by Crippen LogP contribution is -2.03. The van der Waals surface area contributed by atoms with Crippen molar-refractivity contribution in [2.45, 2.75) is 64.2 Å². The number of benzene rings is 1. The van der Waals surface area contributed by atoms with E-state index in [1.165, 1.54) is 76.5 Å². The SMILES string of the molecule is O=C(/C=C/c1ccc(NCCCCCCCC2CCCC2)cc1)Oc1cccnc1. The zero-order chi connectivity index (χ0) is 20.9. The second kappa shape index (κ2) is 12.8. The minimum atomic E-state index is -0.409. The molecule has 0 saturated heterocycles. The minimum Gasteiger partial charge on any atom is -0.422 e. The van der Waals surface area contributed by atoms with Gasteiger partial charge in [-0.25, -0.2) is 4.79 Å². The molecule has 4 heteroatoms. The lowest BCUT2D eigenvalue weighted by atomic mass is 9.99. The number of unbranched alkanes of at least 4 members (excludes halogenated alkanes) is 4. The molecule has 0 amide bonds. The van der Waals surface area contributed by atoms with Crippen LogP contribution in [-0.2, 0) is 4.79 Å². The Labute approximate surface area is 180 Å². The highest BCUT2D eigenvalue weighted by atomic mass is 16.5. The molecule has 0 radical (unpaired) electrons. The number of nitrogens with one attached hydrogen (secondary N) is 1. The molecule has 1 N–H and O–H groups in total. The van der Waals surface area contributed by atoms with Gasteiger partial charge in [0.25, 0.3) is 0 Å². The van der Waals surface area contributed by atoms with Gasteiger partial charge in [0.2, 0.25) is 0 Å². The number of aromatic nitrogens is 1. The fourth-order valence-corrected chi connectivity index (χ4v) is 4.05. The van der Waals surface area contributed by atoms with E-state index >= 15 is 0 Å². The zero-order valence-corrected chi connectivity index (χ0v) is 17.9. The fourth-order valence-electron chi connectivity index (χ4n) is 4.05. The van der Waals surface area contributed by atoms with Crippen molar-refractivity contribution in [1.29, 1.82) is 0 Å². The molecule has 160 valence electrons. The first kappa shape index (κ1) is 22.1. The number of hydrogen-bond acceptors (Lipinski definition) is 4.